The Morgan fingerprint density at radius 1 is 1.38 bits per heavy atom. The number of piperidine rings is 1. The molecule has 1 amide bonds. The molecular formula is C22H29FN4O2. The average molecular weight is 400 g/mol. The number of hydrogen-bond donors (Lipinski definition) is 1. The minimum absolute atomic E-state index is 0.0308. The molecule has 0 radical (unpaired) electrons. The molecule has 0 aliphatic carbocycles. The lowest BCUT2D eigenvalue weighted by atomic mass is 9.91. The fourth-order valence-electron chi connectivity index (χ4n) is 4.45. The van der Waals surface area contributed by atoms with E-state index in [9.17, 15) is 9.18 Å². The molecule has 3 atom stereocenters. The molecule has 156 valence electrons. The number of hydrogen-bond acceptors (Lipinski definition) is 4. The molecule has 1 aromatic carbocycles. The number of fused-ring (bicyclic) bond motifs is 1. The molecule has 1 N–H and O–H groups in total. The Hall–Kier alpha value is -2.25. The van der Waals surface area contributed by atoms with Gasteiger partial charge in [-0.2, -0.15) is 0 Å². The number of alkyl halides is 1. The molecule has 0 bridgehead atoms. The summed E-state index contributed by atoms with van der Waals surface area (Å²) in [4.78, 5) is 19.4. The van der Waals surface area contributed by atoms with Crippen LogP contribution in [0.4, 0.5) is 4.39 Å². The molecule has 0 saturated carbocycles. The summed E-state index contributed by atoms with van der Waals surface area (Å²) in [5.41, 5.74) is 0.530. The van der Waals surface area contributed by atoms with Crippen LogP contribution in [0.25, 0.3) is 0 Å². The number of amides is 1. The van der Waals surface area contributed by atoms with Crippen molar-refractivity contribution in [2.45, 2.75) is 51.0 Å². The van der Waals surface area contributed by atoms with Gasteiger partial charge in [-0.05, 0) is 38.3 Å². The van der Waals surface area contributed by atoms with Crippen molar-refractivity contribution in [3.8, 4) is 0 Å². The van der Waals surface area contributed by atoms with Gasteiger partial charge in [0, 0.05) is 25.7 Å². The van der Waals surface area contributed by atoms with E-state index in [2.05, 4.69) is 10.3 Å². The van der Waals surface area contributed by atoms with Gasteiger partial charge in [0.1, 0.15) is 11.4 Å². The zero-order chi connectivity index (χ0) is 20.6. The first kappa shape index (κ1) is 20.0. The lowest BCUT2D eigenvalue weighted by Crippen LogP contribution is -2.58. The van der Waals surface area contributed by atoms with E-state index in [-0.39, 0.29) is 18.1 Å². The van der Waals surface area contributed by atoms with E-state index in [0.29, 0.717) is 37.0 Å². The van der Waals surface area contributed by atoms with Gasteiger partial charge >= 0.3 is 0 Å². The maximum atomic E-state index is 14.8. The maximum Gasteiger partial charge on any atom is 0.272 e. The standard InChI is InChI=1S/C22H29FN4O2/c1-15(16-6-4-5-7-17(16)22(2,3)23)27-14-24-12-19(27)21(28)26-10-8-18-20(13-26)29-11-9-25-18/h4-7,12,14-15,18,20,25H,8-11,13H2,1-3H3/t15-,18+,20+/m0/s1. The minimum Gasteiger partial charge on any atom is -0.373 e. The van der Waals surface area contributed by atoms with Gasteiger partial charge in [-0.15, -0.1) is 0 Å². The SMILES string of the molecule is C[C@@H](c1ccccc1C(C)(C)F)n1cncc1C(=O)N1CC[C@H]2NCCO[C@@H]2C1. The van der Waals surface area contributed by atoms with Crippen molar-refractivity contribution < 1.29 is 13.9 Å². The number of likely N-dealkylation sites (tertiary alicyclic amines) is 1. The van der Waals surface area contributed by atoms with Crippen LogP contribution in [-0.2, 0) is 10.4 Å². The molecule has 2 aromatic rings. The predicted molar refractivity (Wildman–Crippen MR) is 109 cm³/mol. The van der Waals surface area contributed by atoms with Gasteiger partial charge in [-0.25, -0.2) is 9.37 Å². The van der Waals surface area contributed by atoms with E-state index in [1.165, 1.54) is 0 Å². The lowest BCUT2D eigenvalue weighted by Gasteiger charge is -2.41. The summed E-state index contributed by atoms with van der Waals surface area (Å²) in [6, 6.07) is 7.57. The fourth-order valence-corrected chi connectivity index (χ4v) is 4.45. The quantitative estimate of drug-likeness (QED) is 0.857. The number of ether oxygens (including phenoxy) is 1. The van der Waals surface area contributed by atoms with Crippen LogP contribution in [0.1, 0.15) is 54.8 Å². The number of aromatic nitrogens is 2. The highest BCUT2D eigenvalue weighted by atomic mass is 19.1. The topological polar surface area (TPSA) is 59.4 Å². The van der Waals surface area contributed by atoms with E-state index in [4.69, 9.17) is 4.74 Å². The van der Waals surface area contributed by atoms with Crippen molar-refractivity contribution in [3.63, 3.8) is 0 Å². The fraction of sp³-hybridized carbons (Fsp3) is 0.545. The van der Waals surface area contributed by atoms with E-state index in [1.54, 1.807) is 26.4 Å². The first-order valence-corrected chi connectivity index (χ1v) is 10.3. The molecule has 2 fully saturated rings. The molecule has 4 rings (SSSR count). The van der Waals surface area contributed by atoms with Gasteiger partial charge in [0.15, 0.2) is 0 Å². The largest absolute Gasteiger partial charge is 0.373 e. The Balaban J connectivity index is 1.58. The molecule has 1 aromatic heterocycles. The molecule has 3 heterocycles. The van der Waals surface area contributed by atoms with Crippen LogP contribution in [0, 0.1) is 0 Å². The molecule has 0 unspecified atom stereocenters. The Kier molecular flexibility index (Phi) is 5.44. The van der Waals surface area contributed by atoms with E-state index < -0.39 is 5.67 Å². The number of morpholine rings is 1. The highest BCUT2D eigenvalue weighted by molar-refractivity contribution is 5.92. The highest BCUT2D eigenvalue weighted by Crippen LogP contribution is 2.33. The zero-order valence-corrected chi connectivity index (χ0v) is 17.3. The summed E-state index contributed by atoms with van der Waals surface area (Å²) < 4.78 is 22.5. The van der Waals surface area contributed by atoms with Crippen LogP contribution in [0.2, 0.25) is 0 Å². The molecular weight excluding hydrogens is 371 g/mol. The first-order valence-electron chi connectivity index (χ1n) is 10.3. The summed E-state index contributed by atoms with van der Waals surface area (Å²) >= 11 is 0. The summed E-state index contributed by atoms with van der Waals surface area (Å²) in [5.74, 6) is -0.0565. The summed E-state index contributed by atoms with van der Waals surface area (Å²) in [6.07, 6.45) is 4.17. The number of carbonyl (C=O) groups excluding carboxylic acids is 1. The molecule has 2 saturated heterocycles. The maximum absolute atomic E-state index is 14.8. The number of imidazole rings is 1. The first-order chi connectivity index (χ1) is 13.9. The van der Waals surface area contributed by atoms with Crippen LogP contribution in [0.5, 0.6) is 0 Å². The van der Waals surface area contributed by atoms with Crippen LogP contribution in [0.3, 0.4) is 0 Å². The molecule has 6 nitrogen and oxygen atoms in total. The molecule has 0 spiro atoms. The van der Waals surface area contributed by atoms with Gasteiger partial charge < -0.3 is 19.5 Å². The Bertz CT molecular complexity index is 876. The van der Waals surface area contributed by atoms with Gasteiger partial charge in [-0.1, -0.05) is 24.3 Å². The molecule has 7 heteroatoms. The van der Waals surface area contributed by atoms with E-state index in [1.807, 2.05) is 40.7 Å². The van der Waals surface area contributed by atoms with Crippen LogP contribution >= 0.6 is 0 Å². The number of rotatable bonds is 4. The van der Waals surface area contributed by atoms with Crippen molar-refractivity contribution in [2.24, 2.45) is 0 Å². The Labute approximate surface area is 171 Å². The van der Waals surface area contributed by atoms with Crippen molar-refractivity contribution >= 4 is 5.91 Å². The van der Waals surface area contributed by atoms with Crippen LogP contribution in [0.15, 0.2) is 36.8 Å². The van der Waals surface area contributed by atoms with Crippen molar-refractivity contribution in [3.05, 3.63) is 53.6 Å². The van der Waals surface area contributed by atoms with Crippen LogP contribution in [-0.4, -0.2) is 58.7 Å². The average Bonchev–Trinajstić information content (AvgIpc) is 3.21. The van der Waals surface area contributed by atoms with Gasteiger partial charge in [-0.3, -0.25) is 4.79 Å². The third-order valence-corrected chi connectivity index (χ3v) is 6.04. The van der Waals surface area contributed by atoms with Gasteiger partial charge in [0.2, 0.25) is 0 Å². The number of nitrogens with one attached hydrogen (secondary N) is 1. The predicted octanol–water partition coefficient (Wildman–Crippen LogP) is 2.90. The van der Waals surface area contributed by atoms with Gasteiger partial charge in [0.25, 0.3) is 5.91 Å². The number of benzene rings is 1. The van der Waals surface area contributed by atoms with Crippen molar-refractivity contribution in [1.29, 1.82) is 0 Å². The van der Waals surface area contributed by atoms with E-state index in [0.717, 1.165) is 18.5 Å². The van der Waals surface area contributed by atoms with Crippen molar-refractivity contribution in [1.82, 2.24) is 19.8 Å². The summed E-state index contributed by atoms with van der Waals surface area (Å²) in [6.45, 7) is 7.89. The second kappa shape index (κ2) is 7.88. The number of halogens is 1. The second-order valence-electron chi connectivity index (χ2n) is 8.43. The lowest BCUT2D eigenvalue weighted by molar-refractivity contribution is -0.0417. The second-order valence-corrected chi connectivity index (χ2v) is 8.43. The monoisotopic (exact) mass is 400 g/mol. The van der Waals surface area contributed by atoms with Crippen molar-refractivity contribution in [2.75, 3.05) is 26.2 Å². The third kappa shape index (κ3) is 3.94. The van der Waals surface area contributed by atoms with E-state index >= 15 is 0 Å². The highest BCUT2D eigenvalue weighted by Gasteiger charge is 2.35. The molecule has 29 heavy (non-hydrogen) atoms. The summed E-state index contributed by atoms with van der Waals surface area (Å²) in [7, 11) is 0. The van der Waals surface area contributed by atoms with Gasteiger partial charge in [0.05, 0.1) is 31.3 Å². The Morgan fingerprint density at radius 2 is 2.17 bits per heavy atom. The number of nitrogens with zero attached hydrogens (tertiary/aromatic N) is 3. The summed E-state index contributed by atoms with van der Waals surface area (Å²) in [5, 5.41) is 3.47. The van der Waals surface area contributed by atoms with Crippen LogP contribution < -0.4 is 5.32 Å². The molecule has 2 aliphatic rings. The Morgan fingerprint density at radius 3 is 2.97 bits per heavy atom. The smallest absolute Gasteiger partial charge is 0.272 e. The zero-order valence-electron chi connectivity index (χ0n) is 17.3. The molecule has 2 aliphatic heterocycles. The number of carbonyl (C=O) groups is 1. The third-order valence-electron chi connectivity index (χ3n) is 6.04. The minimum atomic E-state index is -1.47. The normalized spacial score (nSPS) is 23.5.